The van der Waals surface area contributed by atoms with Gasteiger partial charge in [-0.2, -0.15) is 0 Å². The number of fused-ring (bicyclic) bond motifs is 1. The molecule has 1 N–H and O–H groups in total. The third-order valence-corrected chi connectivity index (χ3v) is 4.44. The van der Waals surface area contributed by atoms with Gasteiger partial charge < -0.3 is 14.8 Å². The highest BCUT2D eigenvalue weighted by molar-refractivity contribution is 5.77. The number of carbonyl (C=O) groups is 1. The zero-order chi connectivity index (χ0) is 17.5. The van der Waals surface area contributed by atoms with Crippen LogP contribution in [0.1, 0.15) is 36.5 Å². The molecule has 4 heteroatoms. The number of benzene rings is 2. The topological polar surface area (TPSA) is 47.6 Å². The van der Waals surface area contributed by atoms with Gasteiger partial charge in [0.15, 0.2) is 6.61 Å². The van der Waals surface area contributed by atoms with E-state index in [2.05, 4.69) is 11.4 Å². The molecule has 0 atom stereocenters. The third-order valence-electron chi connectivity index (χ3n) is 4.44. The summed E-state index contributed by atoms with van der Waals surface area (Å²) in [7, 11) is 0. The number of ether oxygens (including phenoxy) is 2. The first-order valence-electron chi connectivity index (χ1n) is 8.98. The summed E-state index contributed by atoms with van der Waals surface area (Å²) in [5.74, 6) is 1.59. The van der Waals surface area contributed by atoms with Gasteiger partial charge in [-0.15, -0.1) is 0 Å². The van der Waals surface area contributed by atoms with Crippen molar-refractivity contribution in [3.05, 3.63) is 59.2 Å². The van der Waals surface area contributed by atoms with Crippen LogP contribution in [0.3, 0.4) is 0 Å². The zero-order valence-electron chi connectivity index (χ0n) is 14.7. The maximum absolute atomic E-state index is 12.1. The minimum Gasteiger partial charge on any atom is -0.494 e. The molecule has 2 aromatic carbocycles. The summed E-state index contributed by atoms with van der Waals surface area (Å²) in [6.07, 6.45) is 4.58. The van der Waals surface area contributed by atoms with Crippen LogP contribution in [0.15, 0.2) is 42.5 Å². The van der Waals surface area contributed by atoms with Crippen molar-refractivity contribution < 1.29 is 14.3 Å². The lowest BCUT2D eigenvalue weighted by molar-refractivity contribution is -0.123. The molecule has 3 rings (SSSR count). The van der Waals surface area contributed by atoms with E-state index in [-0.39, 0.29) is 12.5 Å². The fourth-order valence-electron chi connectivity index (χ4n) is 3.15. The Labute approximate surface area is 149 Å². The molecule has 1 amide bonds. The van der Waals surface area contributed by atoms with Gasteiger partial charge in [0.1, 0.15) is 11.5 Å². The largest absolute Gasteiger partial charge is 0.494 e. The number of aryl methyl sites for hydroxylation is 1. The van der Waals surface area contributed by atoms with Gasteiger partial charge >= 0.3 is 0 Å². The van der Waals surface area contributed by atoms with Gasteiger partial charge in [-0.05, 0) is 67.5 Å². The molecule has 4 nitrogen and oxygen atoms in total. The molecule has 0 aliphatic heterocycles. The molecule has 0 radical (unpaired) electrons. The van der Waals surface area contributed by atoms with Crippen molar-refractivity contribution >= 4 is 5.91 Å². The second kappa shape index (κ2) is 8.56. The fraction of sp³-hybridized carbons (Fsp3) is 0.381. The summed E-state index contributed by atoms with van der Waals surface area (Å²) >= 11 is 0. The predicted octanol–water partition coefficient (Wildman–Crippen LogP) is 3.66. The molecule has 0 unspecified atom stereocenters. The Morgan fingerprint density at radius 1 is 1.04 bits per heavy atom. The normalized spacial score (nSPS) is 13.0. The van der Waals surface area contributed by atoms with Crippen LogP contribution >= 0.6 is 0 Å². The van der Waals surface area contributed by atoms with Crippen LogP contribution in [0.4, 0.5) is 0 Å². The van der Waals surface area contributed by atoms with Gasteiger partial charge in [0.25, 0.3) is 5.91 Å². The van der Waals surface area contributed by atoms with Gasteiger partial charge in [-0.1, -0.05) is 24.3 Å². The average molecular weight is 339 g/mol. The van der Waals surface area contributed by atoms with Crippen molar-refractivity contribution in [2.75, 3.05) is 13.2 Å². The van der Waals surface area contributed by atoms with Crippen LogP contribution in [0, 0.1) is 0 Å². The molecule has 0 saturated heterocycles. The Balaban J connectivity index is 1.48. The Kier molecular flexibility index (Phi) is 5.94. The highest BCUT2D eigenvalue weighted by Gasteiger charge is 2.14. The van der Waals surface area contributed by atoms with Gasteiger partial charge in [0.05, 0.1) is 6.61 Å². The van der Waals surface area contributed by atoms with E-state index in [1.54, 1.807) is 0 Å². The van der Waals surface area contributed by atoms with Crippen molar-refractivity contribution in [1.82, 2.24) is 5.32 Å². The van der Waals surface area contributed by atoms with Crippen LogP contribution in [0.2, 0.25) is 0 Å². The van der Waals surface area contributed by atoms with Crippen LogP contribution < -0.4 is 14.8 Å². The summed E-state index contributed by atoms with van der Waals surface area (Å²) < 4.78 is 11.2. The minimum absolute atomic E-state index is 0.0491. The Morgan fingerprint density at radius 3 is 2.64 bits per heavy atom. The standard InChI is InChI=1S/C21H25NO3/c1-2-24-18-12-10-16(11-13-18)14-22-21(23)15-25-20-9-5-7-17-6-3-4-8-19(17)20/h5,7,9-13H,2-4,6,8,14-15H2,1H3,(H,22,23). The maximum Gasteiger partial charge on any atom is 0.258 e. The van der Waals surface area contributed by atoms with E-state index >= 15 is 0 Å². The van der Waals surface area contributed by atoms with Crippen molar-refractivity contribution in [2.24, 2.45) is 0 Å². The second-order valence-electron chi connectivity index (χ2n) is 6.24. The van der Waals surface area contributed by atoms with Gasteiger partial charge in [-0.25, -0.2) is 0 Å². The van der Waals surface area contributed by atoms with E-state index in [0.717, 1.165) is 29.9 Å². The molecule has 0 fully saturated rings. The summed E-state index contributed by atoms with van der Waals surface area (Å²) in [5, 5.41) is 2.90. The Hall–Kier alpha value is -2.49. The molecule has 0 saturated carbocycles. The molecule has 25 heavy (non-hydrogen) atoms. The van der Waals surface area contributed by atoms with Gasteiger partial charge in [0, 0.05) is 6.54 Å². The zero-order valence-corrected chi connectivity index (χ0v) is 14.7. The fourth-order valence-corrected chi connectivity index (χ4v) is 3.15. The highest BCUT2D eigenvalue weighted by Crippen LogP contribution is 2.29. The van der Waals surface area contributed by atoms with E-state index in [1.165, 1.54) is 24.0 Å². The number of rotatable bonds is 7. The molecule has 132 valence electrons. The molecular weight excluding hydrogens is 314 g/mol. The minimum atomic E-state index is -0.109. The summed E-state index contributed by atoms with van der Waals surface area (Å²) in [6, 6.07) is 13.9. The molecule has 0 heterocycles. The number of nitrogens with one attached hydrogen (secondary N) is 1. The smallest absolute Gasteiger partial charge is 0.258 e. The molecule has 1 aliphatic carbocycles. The molecular formula is C21H25NO3. The summed E-state index contributed by atoms with van der Waals surface area (Å²) in [5.41, 5.74) is 3.67. The monoisotopic (exact) mass is 339 g/mol. The molecule has 0 aromatic heterocycles. The number of hydrogen-bond acceptors (Lipinski definition) is 3. The summed E-state index contributed by atoms with van der Waals surface area (Å²) in [6.45, 7) is 3.14. The third kappa shape index (κ3) is 4.75. The average Bonchev–Trinajstić information content (AvgIpc) is 2.66. The molecule has 0 spiro atoms. The van der Waals surface area contributed by atoms with Crippen LogP contribution in [-0.2, 0) is 24.2 Å². The lowest BCUT2D eigenvalue weighted by atomic mass is 9.91. The Morgan fingerprint density at radius 2 is 1.84 bits per heavy atom. The first-order valence-corrected chi connectivity index (χ1v) is 8.98. The molecule has 2 aromatic rings. The van der Waals surface area contributed by atoms with Crippen LogP contribution in [0.5, 0.6) is 11.5 Å². The van der Waals surface area contributed by atoms with E-state index in [9.17, 15) is 4.79 Å². The lowest BCUT2D eigenvalue weighted by Gasteiger charge is -2.19. The first-order chi connectivity index (χ1) is 12.3. The predicted molar refractivity (Wildman–Crippen MR) is 98.0 cm³/mol. The maximum atomic E-state index is 12.1. The van der Waals surface area contributed by atoms with Crippen molar-refractivity contribution in [2.45, 2.75) is 39.2 Å². The van der Waals surface area contributed by atoms with Crippen molar-refractivity contribution in [1.29, 1.82) is 0 Å². The SMILES string of the molecule is CCOc1ccc(CNC(=O)COc2cccc3c2CCCC3)cc1. The summed E-state index contributed by atoms with van der Waals surface area (Å²) in [4.78, 5) is 12.1. The van der Waals surface area contributed by atoms with Gasteiger partial charge in [0.2, 0.25) is 0 Å². The van der Waals surface area contributed by atoms with E-state index < -0.39 is 0 Å². The van der Waals surface area contributed by atoms with E-state index in [1.807, 2.05) is 43.3 Å². The first kappa shape index (κ1) is 17.3. The lowest BCUT2D eigenvalue weighted by Crippen LogP contribution is -2.28. The number of amides is 1. The van der Waals surface area contributed by atoms with Gasteiger partial charge in [-0.3, -0.25) is 4.79 Å². The van der Waals surface area contributed by atoms with Crippen molar-refractivity contribution in [3.63, 3.8) is 0 Å². The molecule has 0 bridgehead atoms. The van der Waals surface area contributed by atoms with Crippen LogP contribution in [0.25, 0.3) is 0 Å². The molecule has 1 aliphatic rings. The second-order valence-corrected chi connectivity index (χ2v) is 6.24. The Bertz CT molecular complexity index is 710. The van der Waals surface area contributed by atoms with E-state index in [4.69, 9.17) is 9.47 Å². The van der Waals surface area contributed by atoms with Crippen molar-refractivity contribution in [3.8, 4) is 11.5 Å². The quantitative estimate of drug-likeness (QED) is 0.837. The van der Waals surface area contributed by atoms with Crippen LogP contribution in [-0.4, -0.2) is 19.1 Å². The highest BCUT2D eigenvalue weighted by atomic mass is 16.5. The number of hydrogen-bond donors (Lipinski definition) is 1. The number of carbonyl (C=O) groups excluding carboxylic acids is 1. The van der Waals surface area contributed by atoms with E-state index in [0.29, 0.717) is 13.2 Å².